The fourth-order valence-electron chi connectivity index (χ4n) is 3.18. The maximum Gasteiger partial charge on any atom is 0.490 e. The van der Waals surface area contributed by atoms with Gasteiger partial charge in [-0.05, 0) is 43.2 Å². The first kappa shape index (κ1) is 26.7. The predicted octanol–water partition coefficient (Wildman–Crippen LogP) is 3.64. The Morgan fingerprint density at radius 2 is 1.88 bits per heavy atom. The lowest BCUT2D eigenvalue weighted by molar-refractivity contribution is -0.192. The second kappa shape index (κ2) is 12.1. The lowest BCUT2D eigenvalue weighted by Gasteiger charge is -2.22. The van der Waals surface area contributed by atoms with Crippen LogP contribution >= 0.6 is 11.8 Å². The van der Waals surface area contributed by atoms with Gasteiger partial charge in [-0.1, -0.05) is 29.8 Å². The topological polar surface area (TPSA) is 89.9 Å². The van der Waals surface area contributed by atoms with Gasteiger partial charge in [-0.3, -0.25) is 4.79 Å². The molecule has 1 fully saturated rings. The third-order valence-electron chi connectivity index (χ3n) is 4.80. The van der Waals surface area contributed by atoms with Crippen LogP contribution in [0.1, 0.15) is 27.0 Å². The Labute approximate surface area is 194 Å². The smallest absolute Gasteiger partial charge is 0.475 e. The number of carbonyl (C=O) groups excluding carboxylic acids is 1. The Hall–Kier alpha value is -2.56. The van der Waals surface area contributed by atoms with Gasteiger partial charge < -0.3 is 20.4 Å². The normalized spacial score (nSPS) is 16.4. The van der Waals surface area contributed by atoms with Crippen molar-refractivity contribution >= 4 is 23.6 Å². The Bertz CT molecular complexity index is 969. The van der Waals surface area contributed by atoms with E-state index in [0.717, 1.165) is 11.3 Å². The first-order valence-electron chi connectivity index (χ1n) is 10.2. The van der Waals surface area contributed by atoms with E-state index in [1.165, 1.54) is 16.0 Å². The molecule has 1 saturated heterocycles. The van der Waals surface area contributed by atoms with Gasteiger partial charge >= 0.3 is 12.1 Å². The van der Waals surface area contributed by atoms with Crippen molar-refractivity contribution in [1.82, 2.24) is 10.2 Å². The van der Waals surface area contributed by atoms with Crippen molar-refractivity contribution < 1.29 is 33.0 Å². The van der Waals surface area contributed by atoms with Crippen molar-refractivity contribution in [3.05, 3.63) is 64.7 Å². The van der Waals surface area contributed by atoms with E-state index in [1.807, 2.05) is 18.2 Å². The van der Waals surface area contributed by atoms with E-state index in [1.54, 1.807) is 16.7 Å². The van der Waals surface area contributed by atoms with E-state index in [4.69, 9.17) is 9.90 Å². The number of benzene rings is 2. The first-order valence-corrected chi connectivity index (χ1v) is 11.2. The van der Waals surface area contributed by atoms with E-state index in [-0.39, 0.29) is 5.91 Å². The lowest BCUT2D eigenvalue weighted by Crippen LogP contribution is -2.37. The van der Waals surface area contributed by atoms with Gasteiger partial charge in [-0.25, -0.2) is 4.79 Å². The van der Waals surface area contributed by atoms with Crippen LogP contribution < -0.4 is 5.32 Å². The first-order chi connectivity index (χ1) is 15.5. The number of thioether (sulfide) groups is 1. The zero-order valence-electron chi connectivity index (χ0n) is 18.4. The zero-order chi connectivity index (χ0) is 24.6. The number of carboxylic acid groups (broad SMARTS) is 1. The molecule has 1 aliphatic rings. The van der Waals surface area contributed by atoms with Gasteiger partial charge in [0.1, 0.15) is 0 Å². The van der Waals surface area contributed by atoms with Crippen LogP contribution in [-0.4, -0.2) is 65.4 Å². The van der Waals surface area contributed by atoms with Gasteiger partial charge in [-0.2, -0.15) is 13.2 Å². The molecule has 180 valence electrons. The summed E-state index contributed by atoms with van der Waals surface area (Å²) in [7, 11) is 0. The molecule has 33 heavy (non-hydrogen) atoms. The van der Waals surface area contributed by atoms with Crippen LogP contribution in [0.5, 0.6) is 0 Å². The molecule has 3 rings (SSSR count). The van der Waals surface area contributed by atoms with Crippen molar-refractivity contribution in [2.75, 3.05) is 26.2 Å². The van der Waals surface area contributed by atoms with E-state index in [0.29, 0.717) is 31.7 Å². The number of aliphatic hydroxyl groups excluding tert-OH is 1. The summed E-state index contributed by atoms with van der Waals surface area (Å²) < 4.78 is 31.7. The number of alkyl halides is 3. The molecule has 0 bridgehead atoms. The molecule has 10 heteroatoms. The molecule has 3 N–H and O–H groups in total. The van der Waals surface area contributed by atoms with E-state index < -0.39 is 18.2 Å². The predicted molar refractivity (Wildman–Crippen MR) is 120 cm³/mol. The molecular formula is C23H27F3N2O4S. The van der Waals surface area contributed by atoms with E-state index in [2.05, 4.69) is 43.4 Å². The summed E-state index contributed by atoms with van der Waals surface area (Å²) in [5.74, 6) is -1.94. The van der Waals surface area contributed by atoms with E-state index in [9.17, 15) is 23.1 Å². The second-order valence-electron chi connectivity index (χ2n) is 7.67. The SMILES string of the molecule is Cc1ccc(SCc2cccc(C(=O)N3CCNCC(O)C3)c2)c(C)c1.O=C(O)C(F)(F)F. The number of hydrogen-bond donors (Lipinski definition) is 3. The molecule has 1 heterocycles. The standard InChI is InChI=1S/C21H26N2O2S.C2HF3O2/c1-15-6-7-20(16(2)10-15)26-14-17-4-3-5-18(11-17)21(25)23-9-8-22-12-19(24)13-23;3-2(4,5)1(6)7/h3-7,10-11,19,22,24H,8-9,12-14H2,1-2H3;(H,6,7). The summed E-state index contributed by atoms with van der Waals surface area (Å²) in [6.45, 7) is 6.49. The van der Waals surface area contributed by atoms with Crippen LogP contribution in [-0.2, 0) is 10.5 Å². The Balaban J connectivity index is 0.000000479. The summed E-state index contributed by atoms with van der Waals surface area (Å²) in [5, 5.41) is 20.2. The molecule has 0 aromatic heterocycles. The van der Waals surface area contributed by atoms with Crippen LogP contribution in [0.3, 0.4) is 0 Å². The highest BCUT2D eigenvalue weighted by Crippen LogP contribution is 2.27. The molecule has 1 atom stereocenters. The zero-order valence-corrected chi connectivity index (χ0v) is 19.2. The molecule has 0 saturated carbocycles. The molecule has 1 aliphatic heterocycles. The van der Waals surface area contributed by atoms with Crippen molar-refractivity contribution in [2.45, 2.75) is 36.8 Å². The number of β-amino-alcohol motifs (C(OH)–C–C–N with tert-alkyl or cyclic N) is 1. The summed E-state index contributed by atoms with van der Waals surface area (Å²) in [6.07, 6.45) is -5.59. The number of nitrogens with zero attached hydrogens (tertiary/aromatic N) is 1. The van der Waals surface area contributed by atoms with Crippen molar-refractivity contribution in [3.63, 3.8) is 0 Å². The average Bonchev–Trinajstić information content (AvgIpc) is 2.97. The number of carbonyl (C=O) groups is 2. The molecule has 0 aliphatic carbocycles. The van der Waals surface area contributed by atoms with Gasteiger partial charge in [-0.15, -0.1) is 11.8 Å². The number of nitrogens with one attached hydrogen (secondary N) is 1. The Morgan fingerprint density at radius 1 is 1.18 bits per heavy atom. The monoisotopic (exact) mass is 484 g/mol. The number of rotatable bonds is 4. The summed E-state index contributed by atoms with van der Waals surface area (Å²) >= 11 is 1.79. The number of hydrogen-bond acceptors (Lipinski definition) is 5. The van der Waals surface area contributed by atoms with Gasteiger partial charge in [0.15, 0.2) is 0 Å². The van der Waals surface area contributed by atoms with Crippen molar-refractivity contribution in [1.29, 1.82) is 0 Å². The highest BCUT2D eigenvalue weighted by molar-refractivity contribution is 7.98. The summed E-state index contributed by atoms with van der Waals surface area (Å²) in [4.78, 5) is 24.7. The minimum absolute atomic E-state index is 0.00823. The van der Waals surface area contributed by atoms with E-state index >= 15 is 0 Å². The average molecular weight is 485 g/mol. The quantitative estimate of drug-likeness (QED) is 0.575. The van der Waals surface area contributed by atoms with Crippen LogP contribution in [0.4, 0.5) is 13.2 Å². The number of aryl methyl sites for hydroxylation is 2. The van der Waals surface area contributed by atoms with Crippen LogP contribution in [0.2, 0.25) is 0 Å². The fraction of sp³-hybridized carbons (Fsp3) is 0.391. The van der Waals surface area contributed by atoms with Crippen molar-refractivity contribution in [3.8, 4) is 0 Å². The molecule has 0 spiro atoms. The fourth-order valence-corrected chi connectivity index (χ4v) is 4.13. The van der Waals surface area contributed by atoms with Crippen LogP contribution in [0, 0.1) is 13.8 Å². The Kier molecular flexibility index (Phi) is 9.75. The number of aliphatic hydroxyl groups is 1. The lowest BCUT2D eigenvalue weighted by atomic mass is 10.1. The largest absolute Gasteiger partial charge is 0.490 e. The summed E-state index contributed by atoms with van der Waals surface area (Å²) in [6, 6.07) is 14.3. The van der Waals surface area contributed by atoms with Gasteiger partial charge in [0, 0.05) is 42.4 Å². The highest BCUT2D eigenvalue weighted by atomic mass is 32.2. The number of aliphatic carboxylic acids is 1. The molecule has 1 unspecified atom stereocenters. The molecule has 2 aromatic carbocycles. The maximum absolute atomic E-state index is 12.8. The molecular weight excluding hydrogens is 457 g/mol. The third kappa shape index (κ3) is 8.71. The summed E-state index contributed by atoms with van der Waals surface area (Å²) in [5.41, 5.74) is 4.38. The highest BCUT2D eigenvalue weighted by Gasteiger charge is 2.38. The van der Waals surface area contributed by atoms with Gasteiger partial charge in [0.05, 0.1) is 6.10 Å². The van der Waals surface area contributed by atoms with Gasteiger partial charge in [0.25, 0.3) is 5.91 Å². The molecule has 0 radical (unpaired) electrons. The molecule has 1 amide bonds. The molecule has 6 nitrogen and oxygen atoms in total. The number of amides is 1. The minimum atomic E-state index is -5.08. The van der Waals surface area contributed by atoms with Crippen LogP contribution in [0.15, 0.2) is 47.4 Å². The number of halogens is 3. The maximum atomic E-state index is 12.8. The second-order valence-corrected chi connectivity index (χ2v) is 8.69. The van der Waals surface area contributed by atoms with Crippen molar-refractivity contribution in [2.24, 2.45) is 0 Å². The minimum Gasteiger partial charge on any atom is -0.475 e. The molecule has 2 aromatic rings. The Morgan fingerprint density at radius 3 is 2.52 bits per heavy atom. The number of carboxylic acids is 1. The third-order valence-corrected chi connectivity index (χ3v) is 6.04. The van der Waals surface area contributed by atoms with Gasteiger partial charge in [0.2, 0.25) is 0 Å². The van der Waals surface area contributed by atoms with Crippen LogP contribution in [0.25, 0.3) is 0 Å².